The Bertz CT molecular complexity index is 731. The molecule has 0 aliphatic rings. The van der Waals surface area contributed by atoms with Crippen LogP contribution in [0.5, 0.6) is 0 Å². The average molecular weight is 298 g/mol. The van der Waals surface area contributed by atoms with Crippen molar-refractivity contribution >= 4 is 22.9 Å². The molecule has 6 heteroatoms. The molecule has 106 valence electrons. The molecule has 0 saturated heterocycles. The van der Waals surface area contributed by atoms with Crippen LogP contribution in [-0.2, 0) is 11.2 Å². The summed E-state index contributed by atoms with van der Waals surface area (Å²) in [5.74, 6) is 1.61. The fourth-order valence-corrected chi connectivity index (χ4v) is 2.70. The first-order chi connectivity index (χ1) is 10.2. The fourth-order valence-electron chi connectivity index (χ4n) is 2.00. The van der Waals surface area contributed by atoms with Crippen molar-refractivity contribution in [2.75, 3.05) is 5.32 Å². The SMILES string of the molecule is Cc1nccn1-c1ccc(NC(=O)Cc2cccs2)cn1. The van der Waals surface area contributed by atoms with Crippen LogP contribution in [0, 0.1) is 6.92 Å². The lowest BCUT2D eigenvalue weighted by molar-refractivity contribution is -0.115. The Hall–Kier alpha value is -2.47. The van der Waals surface area contributed by atoms with Gasteiger partial charge in [-0.25, -0.2) is 9.97 Å². The number of carbonyl (C=O) groups is 1. The van der Waals surface area contributed by atoms with E-state index in [1.54, 1.807) is 23.7 Å². The molecule has 0 radical (unpaired) electrons. The minimum absolute atomic E-state index is 0.0363. The molecule has 0 atom stereocenters. The molecule has 0 bridgehead atoms. The van der Waals surface area contributed by atoms with Crippen LogP contribution in [0.1, 0.15) is 10.7 Å². The lowest BCUT2D eigenvalue weighted by Gasteiger charge is -2.07. The molecule has 1 amide bonds. The van der Waals surface area contributed by atoms with Crippen LogP contribution in [0.25, 0.3) is 5.82 Å². The van der Waals surface area contributed by atoms with Gasteiger partial charge in [-0.2, -0.15) is 0 Å². The van der Waals surface area contributed by atoms with Crippen molar-refractivity contribution in [2.24, 2.45) is 0 Å². The third-order valence-electron chi connectivity index (χ3n) is 3.02. The molecule has 0 aliphatic heterocycles. The maximum Gasteiger partial charge on any atom is 0.229 e. The van der Waals surface area contributed by atoms with Gasteiger partial charge in [0.1, 0.15) is 11.6 Å². The number of amides is 1. The lowest BCUT2D eigenvalue weighted by atomic mass is 10.3. The monoisotopic (exact) mass is 298 g/mol. The van der Waals surface area contributed by atoms with E-state index in [0.717, 1.165) is 16.5 Å². The van der Waals surface area contributed by atoms with Crippen LogP contribution in [0.3, 0.4) is 0 Å². The molecule has 3 aromatic rings. The minimum atomic E-state index is -0.0363. The second-order valence-electron chi connectivity index (χ2n) is 4.55. The van der Waals surface area contributed by atoms with Crippen LogP contribution >= 0.6 is 11.3 Å². The van der Waals surface area contributed by atoms with Crippen LogP contribution < -0.4 is 5.32 Å². The van der Waals surface area contributed by atoms with Crippen molar-refractivity contribution in [3.8, 4) is 5.82 Å². The lowest BCUT2D eigenvalue weighted by Crippen LogP contribution is -2.14. The zero-order valence-corrected chi connectivity index (χ0v) is 12.3. The summed E-state index contributed by atoms with van der Waals surface area (Å²) in [6.07, 6.45) is 5.63. The van der Waals surface area contributed by atoms with Gasteiger partial charge in [0.2, 0.25) is 5.91 Å². The van der Waals surface area contributed by atoms with Crippen molar-refractivity contribution < 1.29 is 4.79 Å². The van der Waals surface area contributed by atoms with Gasteiger partial charge in [0.15, 0.2) is 0 Å². The highest BCUT2D eigenvalue weighted by atomic mass is 32.1. The minimum Gasteiger partial charge on any atom is -0.324 e. The van der Waals surface area contributed by atoms with Crippen LogP contribution in [0.15, 0.2) is 48.2 Å². The summed E-state index contributed by atoms with van der Waals surface area (Å²) in [6, 6.07) is 7.59. The number of hydrogen-bond acceptors (Lipinski definition) is 4. The molecule has 0 fully saturated rings. The number of aromatic nitrogens is 3. The second kappa shape index (κ2) is 5.88. The molecule has 0 aromatic carbocycles. The summed E-state index contributed by atoms with van der Waals surface area (Å²) in [5.41, 5.74) is 0.693. The van der Waals surface area contributed by atoms with Gasteiger partial charge < -0.3 is 5.32 Å². The summed E-state index contributed by atoms with van der Waals surface area (Å²) in [5, 5.41) is 4.81. The number of rotatable bonds is 4. The van der Waals surface area contributed by atoms with E-state index < -0.39 is 0 Å². The highest BCUT2D eigenvalue weighted by Gasteiger charge is 2.06. The Morgan fingerprint density at radius 3 is 2.86 bits per heavy atom. The Labute approximate surface area is 126 Å². The maximum atomic E-state index is 11.9. The Kier molecular flexibility index (Phi) is 3.79. The van der Waals surface area contributed by atoms with Crippen molar-refractivity contribution in [3.63, 3.8) is 0 Å². The van der Waals surface area contributed by atoms with E-state index in [0.29, 0.717) is 12.1 Å². The molecular weight excluding hydrogens is 284 g/mol. The third-order valence-corrected chi connectivity index (χ3v) is 3.90. The smallest absolute Gasteiger partial charge is 0.229 e. The topological polar surface area (TPSA) is 59.8 Å². The number of nitrogens with one attached hydrogen (secondary N) is 1. The number of imidazole rings is 1. The number of carbonyl (C=O) groups excluding carboxylic acids is 1. The average Bonchev–Trinajstić information content (AvgIpc) is 3.11. The molecule has 0 saturated carbocycles. The van der Waals surface area contributed by atoms with Gasteiger partial charge in [0.05, 0.1) is 18.3 Å². The number of thiophene rings is 1. The Morgan fingerprint density at radius 2 is 2.24 bits per heavy atom. The van der Waals surface area contributed by atoms with E-state index in [1.807, 2.05) is 47.3 Å². The first kappa shape index (κ1) is 13.5. The number of hydrogen-bond donors (Lipinski definition) is 1. The van der Waals surface area contributed by atoms with Gasteiger partial charge in [0, 0.05) is 17.3 Å². The third kappa shape index (κ3) is 3.17. The molecular formula is C15H14N4OS. The molecule has 0 spiro atoms. The number of pyridine rings is 1. The first-order valence-electron chi connectivity index (χ1n) is 6.51. The van der Waals surface area contributed by atoms with Gasteiger partial charge in [-0.1, -0.05) is 6.07 Å². The van der Waals surface area contributed by atoms with Crippen LogP contribution in [0.2, 0.25) is 0 Å². The largest absolute Gasteiger partial charge is 0.324 e. The van der Waals surface area contributed by atoms with E-state index in [2.05, 4.69) is 15.3 Å². The van der Waals surface area contributed by atoms with Gasteiger partial charge in [-0.3, -0.25) is 9.36 Å². The van der Waals surface area contributed by atoms with E-state index in [4.69, 9.17) is 0 Å². The predicted octanol–water partition coefficient (Wildman–Crippen LogP) is 2.82. The highest BCUT2D eigenvalue weighted by molar-refractivity contribution is 7.10. The van der Waals surface area contributed by atoms with Crippen molar-refractivity contribution in [1.29, 1.82) is 0 Å². The molecule has 1 N–H and O–H groups in total. The van der Waals surface area contributed by atoms with E-state index in [9.17, 15) is 4.79 Å². The second-order valence-corrected chi connectivity index (χ2v) is 5.59. The predicted molar refractivity (Wildman–Crippen MR) is 82.7 cm³/mol. The van der Waals surface area contributed by atoms with Crippen molar-refractivity contribution in [3.05, 3.63) is 58.9 Å². The zero-order valence-electron chi connectivity index (χ0n) is 11.5. The normalized spacial score (nSPS) is 10.5. The van der Waals surface area contributed by atoms with Gasteiger partial charge in [-0.15, -0.1) is 11.3 Å². The summed E-state index contributed by atoms with van der Waals surface area (Å²) in [4.78, 5) is 21.5. The Balaban J connectivity index is 1.67. The van der Waals surface area contributed by atoms with Crippen molar-refractivity contribution in [1.82, 2.24) is 14.5 Å². The van der Waals surface area contributed by atoms with Crippen LogP contribution in [-0.4, -0.2) is 20.4 Å². The summed E-state index contributed by atoms with van der Waals surface area (Å²) in [7, 11) is 0. The summed E-state index contributed by atoms with van der Waals surface area (Å²) in [6.45, 7) is 1.92. The molecule has 0 aliphatic carbocycles. The summed E-state index contributed by atoms with van der Waals surface area (Å²) < 4.78 is 1.89. The number of anilines is 1. The van der Waals surface area contributed by atoms with Gasteiger partial charge >= 0.3 is 0 Å². The molecule has 0 unspecified atom stereocenters. The quantitative estimate of drug-likeness (QED) is 0.805. The standard InChI is InChI=1S/C15H14N4OS/c1-11-16-6-7-19(11)14-5-4-12(10-17-14)18-15(20)9-13-3-2-8-21-13/h2-8,10H,9H2,1H3,(H,18,20). The van der Waals surface area contributed by atoms with Crippen LogP contribution in [0.4, 0.5) is 5.69 Å². The number of aryl methyl sites for hydroxylation is 1. The van der Waals surface area contributed by atoms with E-state index >= 15 is 0 Å². The van der Waals surface area contributed by atoms with Crippen molar-refractivity contribution in [2.45, 2.75) is 13.3 Å². The molecule has 3 rings (SSSR count). The van der Waals surface area contributed by atoms with E-state index in [-0.39, 0.29) is 5.91 Å². The van der Waals surface area contributed by atoms with E-state index in [1.165, 1.54) is 0 Å². The van der Waals surface area contributed by atoms with Gasteiger partial charge in [0.25, 0.3) is 0 Å². The first-order valence-corrected chi connectivity index (χ1v) is 7.39. The molecule has 21 heavy (non-hydrogen) atoms. The van der Waals surface area contributed by atoms with Gasteiger partial charge in [-0.05, 0) is 30.5 Å². The Morgan fingerprint density at radius 1 is 1.33 bits per heavy atom. The summed E-state index contributed by atoms with van der Waals surface area (Å²) >= 11 is 1.58. The molecule has 3 heterocycles. The zero-order chi connectivity index (χ0) is 14.7. The fraction of sp³-hybridized carbons (Fsp3) is 0.133. The molecule has 3 aromatic heterocycles. The molecule has 5 nitrogen and oxygen atoms in total. The maximum absolute atomic E-state index is 11.9. The number of nitrogens with zero attached hydrogens (tertiary/aromatic N) is 3. The highest BCUT2D eigenvalue weighted by Crippen LogP contribution is 2.13.